The Morgan fingerprint density at radius 3 is 1.29 bits per heavy atom. The molecule has 0 spiro atoms. The number of aliphatic hydroxyl groups is 3. The fraction of sp³-hybridized carbons (Fsp3) is 1.00. The van der Waals surface area contributed by atoms with E-state index in [0.717, 1.165) is 13.0 Å². The molecule has 0 aromatic rings. The summed E-state index contributed by atoms with van der Waals surface area (Å²) in [6.45, 7) is 9.99. The minimum atomic E-state index is -0.413. The van der Waals surface area contributed by atoms with Gasteiger partial charge in [0.2, 0.25) is 0 Å². The first-order chi connectivity index (χ1) is 7.31. The van der Waals surface area contributed by atoms with Gasteiger partial charge in [-0.1, -0.05) is 6.92 Å². The molecule has 0 aromatic heterocycles. The molecule has 5 nitrogen and oxygen atoms in total. The molecule has 0 heterocycles. The average Bonchev–Trinajstić information content (AvgIpc) is 1.98. The number of aliphatic hydroxyl groups excluding tert-OH is 3. The minimum Gasteiger partial charge on any atom is -0.870 e. The molecular weight excluding hydrogens is 222 g/mol. The average molecular weight is 251 g/mol. The fourth-order valence-corrected chi connectivity index (χ4v) is 2.65. The fourth-order valence-electron chi connectivity index (χ4n) is 2.65. The lowest BCUT2D eigenvalue weighted by molar-refractivity contribution is -0.935. The minimum absolute atomic E-state index is 0. The largest absolute Gasteiger partial charge is 0.870 e. The third kappa shape index (κ3) is 8.51. The van der Waals surface area contributed by atoms with Crippen molar-refractivity contribution in [2.75, 3.05) is 26.2 Å². The first-order valence-electron chi connectivity index (χ1n) is 6.20. The maximum Gasteiger partial charge on any atom is 0.105 e. The molecule has 0 aliphatic carbocycles. The van der Waals surface area contributed by atoms with Gasteiger partial charge in [0.05, 0.1) is 6.54 Å². The van der Waals surface area contributed by atoms with Gasteiger partial charge in [-0.3, -0.25) is 0 Å². The molecule has 0 aromatic carbocycles. The summed E-state index contributed by atoms with van der Waals surface area (Å²) >= 11 is 0. The van der Waals surface area contributed by atoms with Crippen LogP contribution < -0.4 is 0 Å². The molecule has 0 fully saturated rings. The molecule has 4 N–H and O–H groups in total. The van der Waals surface area contributed by atoms with Crippen molar-refractivity contribution in [3.05, 3.63) is 0 Å². The van der Waals surface area contributed by atoms with Crippen molar-refractivity contribution in [1.29, 1.82) is 0 Å². The first-order valence-corrected chi connectivity index (χ1v) is 6.20. The standard InChI is InChI=1S/C12H28NO3.H2O/c1-5-6-13(7-10(2)14,8-11(3)15)9-12(4)16;/h10-12,14-16H,5-9H2,1-4H3;1H2/q+1;/p-1. The normalized spacial score (nSPS) is 19.9. The van der Waals surface area contributed by atoms with Crippen LogP contribution in [0.4, 0.5) is 0 Å². The molecule has 0 saturated heterocycles. The Hall–Kier alpha value is -0.200. The van der Waals surface area contributed by atoms with Crippen LogP contribution in [0.3, 0.4) is 0 Å². The van der Waals surface area contributed by atoms with Crippen molar-refractivity contribution in [1.82, 2.24) is 0 Å². The van der Waals surface area contributed by atoms with Crippen LogP contribution in [0.5, 0.6) is 0 Å². The molecular formula is C12H29NO4. The van der Waals surface area contributed by atoms with E-state index < -0.39 is 18.3 Å². The van der Waals surface area contributed by atoms with Crippen molar-refractivity contribution in [3.8, 4) is 0 Å². The molecule has 17 heavy (non-hydrogen) atoms. The third-order valence-corrected chi connectivity index (χ3v) is 2.65. The monoisotopic (exact) mass is 251 g/mol. The quantitative estimate of drug-likeness (QED) is 0.537. The van der Waals surface area contributed by atoms with Gasteiger partial charge in [-0.25, -0.2) is 0 Å². The van der Waals surface area contributed by atoms with E-state index in [2.05, 4.69) is 6.92 Å². The number of quaternary nitrogens is 1. The number of nitrogens with zero attached hydrogens (tertiary/aromatic N) is 1. The van der Waals surface area contributed by atoms with Gasteiger partial charge in [0.1, 0.15) is 37.9 Å². The highest BCUT2D eigenvalue weighted by atomic mass is 16.3. The van der Waals surface area contributed by atoms with E-state index in [0.29, 0.717) is 24.1 Å². The van der Waals surface area contributed by atoms with Crippen molar-refractivity contribution in [2.45, 2.75) is 52.4 Å². The molecule has 3 unspecified atom stereocenters. The number of rotatable bonds is 8. The predicted molar refractivity (Wildman–Crippen MR) is 67.0 cm³/mol. The first kappa shape index (κ1) is 19.1. The Kier molecular flexibility index (Phi) is 9.94. The summed E-state index contributed by atoms with van der Waals surface area (Å²) in [6.07, 6.45) is -0.260. The number of hydrogen-bond acceptors (Lipinski definition) is 4. The Bertz CT molecular complexity index is 157. The third-order valence-electron chi connectivity index (χ3n) is 2.65. The summed E-state index contributed by atoms with van der Waals surface area (Å²) < 4.78 is 0.587. The lowest BCUT2D eigenvalue weighted by Crippen LogP contribution is -2.58. The molecule has 0 amide bonds. The second kappa shape index (κ2) is 8.83. The smallest absolute Gasteiger partial charge is 0.105 e. The van der Waals surface area contributed by atoms with Crippen LogP contribution in [0.2, 0.25) is 0 Å². The SMILES string of the molecule is CCC[N+](CC(C)O)(CC(C)O)CC(C)O.[OH-]. The van der Waals surface area contributed by atoms with E-state index >= 15 is 0 Å². The van der Waals surface area contributed by atoms with Crippen LogP contribution in [-0.4, -0.2) is 69.8 Å². The molecule has 106 valence electrons. The van der Waals surface area contributed by atoms with Crippen LogP contribution in [-0.2, 0) is 0 Å². The van der Waals surface area contributed by atoms with E-state index in [1.54, 1.807) is 20.8 Å². The Morgan fingerprint density at radius 2 is 1.12 bits per heavy atom. The van der Waals surface area contributed by atoms with E-state index in [9.17, 15) is 15.3 Å². The maximum atomic E-state index is 9.56. The number of hydrogen-bond donors (Lipinski definition) is 3. The Labute approximate surface area is 105 Å². The summed E-state index contributed by atoms with van der Waals surface area (Å²) in [5.74, 6) is 0. The summed E-state index contributed by atoms with van der Waals surface area (Å²) in [4.78, 5) is 0. The van der Waals surface area contributed by atoms with E-state index in [4.69, 9.17) is 0 Å². The summed E-state index contributed by atoms with van der Waals surface area (Å²) in [5, 5.41) is 28.7. The van der Waals surface area contributed by atoms with Crippen LogP contribution in [0.15, 0.2) is 0 Å². The topological polar surface area (TPSA) is 90.7 Å². The molecule has 0 saturated carbocycles. The van der Waals surface area contributed by atoms with E-state index in [1.165, 1.54) is 0 Å². The zero-order valence-corrected chi connectivity index (χ0v) is 11.5. The van der Waals surface area contributed by atoms with Gasteiger partial charge in [-0.15, -0.1) is 0 Å². The molecule has 0 aliphatic rings. The highest BCUT2D eigenvalue weighted by Gasteiger charge is 2.31. The summed E-state index contributed by atoms with van der Waals surface area (Å²) in [7, 11) is 0. The summed E-state index contributed by atoms with van der Waals surface area (Å²) in [5.41, 5.74) is 0. The maximum absolute atomic E-state index is 9.56. The zero-order valence-electron chi connectivity index (χ0n) is 11.5. The Balaban J connectivity index is 0. The van der Waals surface area contributed by atoms with Crippen molar-refractivity contribution in [2.24, 2.45) is 0 Å². The van der Waals surface area contributed by atoms with Crippen LogP contribution in [0.1, 0.15) is 34.1 Å². The lowest BCUT2D eigenvalue weighted by Gasteiger charge is -2.41. The molecule has 0 aliphatic heterocycles. The van der Waals surface area contributed by atoms with Gasteiger partial charge in [0.15, 0.2) is 0 Å². The van der Waals surface area contributed by atoms with Gasteiger partial charge in [0, 0.05) is 0 Å². The second-order valence-electron chi connectivity index (χ2n) is 5.16. The van der Waals surface area contributed by atoms with Gasteiger partial charge >= 0.3 is 0 Å². The van der Waals surface area contributed by atoms with Crippen molar-refractivity contribution < 1.29 is 25.3 Å². The van der Waals surface area contributed by atoms with Gasteiger partial charge in [0.25, 0.3) is 0 Å². The molecule has 0 radical (unpaired) electrons. The predicted octanol–water partition coefficient (Wildman–Crippen LogP) is 0.179. The molecule has 5 heteroatoms. The van der Waals surface area contributed by atoms with Gasteiger partial charge in [-0.2, -0.15) is 0 Å². The highest BCUT2D eigenvalue weighted by molar-refractivity contribution is 4.57. The van der Waals surface area contributed by atoms with Crippen LogP contribution in [0.25, 0.3) is 0 Å². The Morgan fingerprint density at radius 1 is 0.824 bits per heavy atom. The van der Waals surface area contributed by atoms with Gasteiger partial charge < -0.3 is 25.3 Å². The second-order valence-corrected chi connectivity index (χ2v) is 5.16. The summed E-state index contributed by atoms with van der Waals surface area (Å²) in [6, 6.07) is 0. The highest BCUT2D eigenvalue weighted by Crippen LogP contribution is 2.13. The van der Waals surface area contributed by atoms with Crippen molar-refractivity contribution in [3.63, 3.8) is 0 Å². The molecule has 3 atom stereocenters. The zero-order chi connectivity index (χ0) is 12.8. The van der Waals surface area contributed by atoms with Crippen LogP contribution >= 0.6 is 0 Å². The van der Waals surface area contributed by atoms with E-state index in [1.807, 2.05) is 0 Å². The lowest BCUT2D eigenvalue weighted by atomic mass is 10.1. The van der Waals surface area contributed by atoms with Gasteiger partial charge in [-0.05, 0) is 27.2 Å². The van der Waals surface area contributed by atoms with Crippen molar-refractivity contribution >= 4 is 0 Å². The van der Waals surface area contributed by atoms with Crippen LogP contribution in [0, 0.1) is 0 Å². The molecule has 0 rings (SSSR count). The van der Waals surface area contributed by atoms with E-state index in [-0.39, 0.29) is 5.48 Å². The molecule has 0 bridgehead atoms.